The smallest absolute Gasteiger partial charge is 0.279 e. The first-order chi connectivity index (χ1) is 11.3. The van der Waals surface area contributed by atoms with E-state index in [-0.39, 0.29) is 11.9 Å². The predicted molar refractivity (Wildman–Crippen MR) is 84.0 cm³/mol. The molecule has 4 rings (SSSR count). The van der Waals surface area contributed by atoms with Gasteiger partial charge in [-0.2, -0.15) is 15.4 Å². The third kappa shape index (κ3) is 2.71. The van der Waals surface area contributed by atoms with Crippen molar-refractivity contribution in [3.05, 3.63) is 34.8 Å². The first-order valence-corrected chi connectivity index (χ1v) is 7.96. The maximum absolute atomic E-state index is 12.6. The van der Waals surface area contributed by atoms with E-state index in [1.807, 2.05) is 6.07 Å². The molecule has 0 aliphatic carbocycles. The zero-order chi connectivity index (χ0) is 15.6. The molecular formula is C15H19N7O. The molecule has 0 saturated carbocycles. The first kappa shape index (κ1) is 14.3. The standard InChI is InChI=1S/C15H19N7O/c23-15(13-12(20-22-21-13)11-2-1-5-17-11)19-14-10-8-16-6-3-9(10)4-7-18-14/h4,7,11,16-17H,1-3,5-6,8H2,(H,18,19,23)(H,20,21,22). The van der Waals surface area contributed by atoms with Gasteiger partial charge in [0.15, 0.2) is 5.69 Å². The largest absolute Gasteiger partial charge is 0.312 e. The zero-order valence-electron chi connectivity index (χ0n) is 12.7. The second kappa shape index (κ2) is 6.05. The van der Waals surface area contributed by atoms with Crippen LogP contribution in [0.3, 0.4) is 0 Å². The molecule has 1 amide bonds. The van der Waals surface area contributed by atoms with Crippen LogP contribution >= 0.6 is 0 Å². The third-order valence-corrected chi connectivity index (χ3v) is 4.44. The molecule has 4 N–H and O–H groups in total. The van der Waals surface area contributed by atoms with Gasteiger partial charge in [0.2, 0.25) is 0 Å². The van der Waals surface area contributed by atoms with Crippen LogP contribution in [0.15, 0.2) is 12.3 Å². The summed E-state index contributed by atoms with van der Waals surface area (Å²) >= 11 is 0. The molecule has 1 unspecified atom stereocenters. The summed E-state index contributed by atoms with van der Waals surface area (Å²) in [5.41, 5.74) is 3.30. The second-order valence-corrected chi connectivity index (χ2v) is 5.88. The van der Waals surface area contributed by atoms with Crippen molar-refractivity contribution in [2.45, 2.75) is 31.8 Å². The van der Waals surface area contributed by atoms with Crippen LogP contribution in [0.5, 0.6) is 0 Å². The van der Waals surface area contributed by atoms with E-state index >= 15 is 0 Å². The number of aromatic amines is 1. The molecule has 8 heteroatoms. The number of fused-ring (bicyclic) bond motifs is 1. The normalized spacial score (nSPS) is 20.3. The second-order valence-electron chi connectivity index (χ2n) is 5.88. The molecule has 2 aromatic heterocycles. The topological polar surface area (TPSA) is 108 Å². The van der Waals surface area contributed by atoms with Crippen LogP contribution in [0.4, 0.5) is 5.82 Å². The van der Waals surface area contributed by atoms with Gasteiger partial charge in [0.1, 0.15) is 11.5 Å². The molecular weight excluding hydrogens is 294 g/mol. The molecule has 0 bridgehead atoms. The molecule has 2 aromatic rings. The Balaban J connectivity index is 1.58. The van der Waals surface area contributed by atoms with E-state index in [0.29, 0.717) is 23.8 Å². The predicted octanol–water partition coefficient (Wildman–Crippen LogP) is 0.522. The number of amides is 1. The summed E-state index contributed by atoms with van der Waals surface area (Å²) in [7, 11) is 0. The number of carbonyl (C=O) groups excluding carboxylic acids is 1. The lowest BCUT2D eigenvalue weighted by molar-refractivity contribution is 0.102. The van der Waals surface area contributed by atoms with Crippen molar-refractivity contribution in [2.75, 3.05) is 18.4 Å². The van der Waals surface area contributed by atoms with Crippen LogP contribution < -0.4 is 16.0 Å². The van der Waals surface area contributed by atoms with E-state index in [1.54, 1.807) is 6.20 Å². The van der Waals surface area contributed by atoms with Gasteiger partial charge in [-0.3, -0.25) is 4.79 Å². The average molecular weight is 313 g/mol. The monoisotopic (exact) mass is 313 g/mol. The minimum atomic E-state index is -0.270. The van der Waals surface area contributed by atoms with E-state index in [4.69, 9.17) is 0 Å². The van der Waals surface area contributed by atoms with Gasteiger partial charge in [0.25, 0.3) is 5.91 Å². The van der Waals surface area contributed by atoms with Gasteiger partial charge in [-0.05, 0) is 44.0 Å². The van der Waals surface area contributed by atoms with Gasteiger partial charge in [0, 0.05) is 18.3 Å². The number of pyridine rings is 1. The number of nitrogens with one attached hydrogen (secondary N) is 4. The van der Waals surface area contributed by atoms with Crippen molar-refractivity contribution >= 4 is 11.7 Å². The lowest BCUT2D eigenvalue weighted by atomic mass is 10.0. The molecule has 4 heterocycles. The van der Waals surface area contributed by atoms with Crippen LogP contribution in [-0.4, -0.2) is 39.4 Å². The SMILES string of the molecule is O=C(Nc1nccc2c1CNCC2)c1n[nH]nc1C1CCCN1. The summed E-state index contributed by atoms with van der Waals surface area (Å²) in [6, 6.07) is 2.10. The van der Waals surface area contributed by atoms with Crippen molar-refractivity contribution in [1.29, 1.82) is 0 Å². The highest BCUT2D eigenvalue weighted by Crippen LogP contribution is 2.25. The van der Waals surface area contributed by atoms with Gasteiger partial charge in [-0.25, -0.2) is 4.98 Å². The number of aromatic nitrogens is 4. The first-order valence-electron chi connectivity index (χ1n) is 7.96. The minimum absolute atomic E-state index is 0.0915. The summed E-state index contributed by atoms with van der Waals surface area (Å²) in [5.74, 6) is 0.335. The summed E-state index contributed by atoms with van der Waals surface area (Å²) in [4.78, 5) is 16.9. The Labute approximate surface area is 133 Å². The van der Waals surface area contributed by atoms with E-state index in [9.17, 15) is 4.79 Å². The summed E-state index contributed by atoms with van der Waals surface area (Å²) in [6.45, 7) is 2.61. The average Bonchev–Trinajstić information content (AvgIpc) is 3.26. The van der Waals surface area contributed by atoms with Gasteiger partial charge >= 0.3 is 0 Å². The van der Waals surface area contributed by atoms with E-state index in [2.05, 4.69) is 36.3 Å². The minimum Gasteiger partial charge on any atom is -0.312 e. The molecule has 1 fully saturated rings. The molecule has 2 aliphatic rings. The Kier molecular flexibility index (Phi) is 3.76. The van der Waals surface area contributed by atoms with Crippen LogP contribution in [0, 0.1) is 0 Å². The number of hydrogen-bond donors (Lipinski definition) is 4. The molecule has 0 spiro atoms. The Hall–Kier alpha value is -2.32. The Morgan fingerprint density at radius 2 is 2.26 bits per heavy atom. The molecule has 120 valence electrons. The lowest BCUT2D eigenvalue weighted by Crippen LogP contribution is -2.26. The van der Waals surface area contributed by atoms with E-state index in [0.717, 1.165) is 37.9 Å². The fourth-order valence-electron chi connectivity index (χ4n) is 3.24. The maximum atomic E-state index is 12.6. The van der Waals surface area contributed by atoms with E-state index < -0.39 is 0 Å². The number of anilines is 1. The number of rotatable bonds is 3. The Bertz CT molecular complexity index is 720. The Morgan fingerprint density at radius 1 is 1.30 bits per heavy atom. The molecule has 0 aromatic carbocycles. The summed E-state index contributed by atoms with van der Waals surface area (Å²) < 4.78 is 0. The fourth-order valence-corrected chi connectivity index (χ4v) is 3.24. The molecule has 8 nitrogen and oxygen atoms in total. The van der Waals surface area contributed by atoms with Crippen LogP contribution in [0.2, 0.25) is 0 Å². The van der Waals surface area contributed by atoms with Crippen molar-refractivity contribution in [2.24, 2.45) is 0 Å². The van der Waals surface area contributed by atoms with Gasteiger partial charge < -0.3 is 16.0 Å². The third-order valence-electron chi connectivity index (χ3n) is 4.44. The molecule has 0 radical (unpaired) electrons. The van der Waals surface area contributed by atoms with Crippen molar-refractivity contribution < 1.29 is 4.79 Å². The highest BCUT2D eigenvalue weighted by molar-refractivity contribution is 6.03. The van der Waals surface area contributed by atoms with Crippen molar-refractivity contribution in [3.8, 4) is 0 Å². The number of H-pyrrole nitrogens is 1. The van der Waals surface area contributed by atoms with Crippen LogP contribution in [0.1, 0.15) is 46.2 Å². The number of nitrogens with zero attached hydrogens (tertiary/aromatic N) is 3. The fraction of sp³-hybridized carbons (Fsp3) is 0.467. The quantitative estimate of drug-likeness (QED) is 0.658. The van der Waals surface area contributed by atoms with Crippen molar-refractivity contribution in [3.63, 3.8) is 0 Å². The molecule has 23 heavy (non-hydrogen) atoms. The summed E-state index contributed by atoms with van der Waals surface area (Å²) in [6.07, 6.45) is 4.73. The highest BCUT2D eigenvalue weighted by Gasteiger charge is 2.27. The van der Waals surface area contributed by atoms with Crippen LogP contribution in [-0.2, 0) is 13.0 Å². The lowest BCUT2D eigenvalue weighted by Gasteiger charge is -2.19. The number of hydrogen-bond acceptors (Lipinski definition) is 6. The zero-order valence-corrected chi connectivity index (χ0v) is 12.7. The summed E-state index contributed by atoms with van der Waals surface area (Å²) in [5, 5.41) is 20.3. The van der Waals surface area contributed by atoms with Gasteiger partial charge in [-0.1, -0.05) is 0 Å². The number of carbonyl (C=O) groups is 1. The van der Waals surface area contributed by atoms with Gasteiger partial charge in [-0.15, -0.1) is 0 Å². The molecule has 1 atom stereocenters. The molecule has 1 saturated heterocycles. The maximum Gasteiger partial charge on any atom is 0.279 e. The molecule has 2 aliphatic heterocycles. The van der Waals surface area contributed by atoms with E-state index in [1.165, 1.54) is 5.56 Å². The Morgan fingerprint density at radius 3 is 3.13 bits per heavy atom. The highest BCUT2D eigenvalue weighted by atomic mass is 16.2. The van der Waals surface area contributed by atoms with Gasteiger partial charge in [0.05, 0.1) is 6.04 Å². The van der Waals surface area contributed by atoms with Crippen LogP contribution in [0.25, 0.3) is 0 Å². The van der Waals surface area contributed by atoms with Crippen molar-refractivity contribution in [1.82, 2.24) is 31.0 Å².